The Balaban J connectivity index is 2.27. The van der Waals surface area contributed by atoms with Gasteiger partial charge in [-0.05, 0) is 25.3 Å². The number of aliphatic hydroxyl groups is 1. The van der Waals surface area contributed by atoms with Gasteiger partial charge in [0.15, 0.2) is 0 Å². The van der Waals surface area contributed by atoms with Gasteiger partial charge in [-0.3, -0.25) is 10.1 Å². The zero-order valence-corrected chi connectivity index (χ0v) is 10.5. The summed E-state index contributed by atoms with van der Waals surface area (Å²) >= 11 is 0. The molecule has 0 amide bonds. The lowest BCUT2D eigenvalue weighted by Crippen LogP contribution is -2.39. The van der Waals surface area contributed by atoms with Gasteiger partial charge in [-0.15, -0.1) is 0 Å². The number of anilines is 1. The molecule has 1 fully saturated rings. The van der Waals surface area contributed by atoms with E-state index in [0.717, 1.165) is 36.9 Å². The average Bonchev–Trinajstić information content (AvgIpc) is 2.81. The number of non-ortho nitro benzene ring substituents is 1. The van der Waals surface area contributed by atoms with Gasteiger partial charge in [-0.2, -0.15) is 0 Å². The molecule has 1 aliphatic carbocycles. The highest BCUT2D eigenvalue weighted by Gasteiger charge is 2.33. The number of aryl methyl sites for hydroxylation is 1. The molecule has 0 radical (unpaired) electrons. The molecule has 1 aromatic carbocycles. The van der Waals surface area contributed by atoms with Crippen molar-refractivity contribution < 1.29 is 10.0 Å². The average molecular weight is 250 g/mol. The van der Waals surface area contributed by atoms with E-state index in [4.69, 9.17) is 0 Å². The number of nitrogens with zero attached hydrogens (tertiary/aromatic N) is 1. The molecule has 0 aromatic heterocycles. The molecular formula is C13H18N2O3. The molecule has 5 nitrogen and oxygen atoms in total. The number of nitro benzene ring substituents is 1. The standard InChI is InChI=1S/C13H18N2O3/c1-10-4-5-11(15(17)18)8-12(10)14-13(9-16)6-2-3-7-13/h4-5,8,14,16H,2-3,6-7,9H2,1H3. The quantitative estimate of drug-likeness (QED) is 0.636. The third-order valence-electron chi connectivity index (χ3n) is 3.70. The number of nitro groups is 1. The van der Waals surface area contributed by atoms with E-state index in [1.54, 1.807) is 12.1 Å². The first kappa shape index (κ1) is 12.8. The van der Waals surface area contributed by atoms with Crippen LogP contribution in [0.25, 0.3) is 0 Å². The van der Waals surface area contributed by atoms with E-state index in [1.807, 2.05) is 6.92 Å². The Morgan fingerprint density at radius 2 is 2.11 bits per heavy atom. The normalized spacial score (nSPS) is 17.7. The van der Waals surface area contributed by atoms with Gasteiger partial charge >= 0.3 is 0 Å². The van der Waals surface area contributed by atoms with Gasteiger partial charge in [0.25, 0.3) is 5.69 Å². The number of hydrogen-bond donors (Lipinski definition) is 2. The molecule has 1 aromatic rings. The highest BCUT2D eigenvalue weighted by Crippen LogP contribution is 2.34. The van der Waals surface area contributed by atoms with E-state index in [2.05, 4.69) is 5.32 Å². The molecule has 1 aliphatic rings. The van der Waals surface area contributed by atoms with E-state index in [-0.39, 0.29) is 17.8 Å². The number of aliphatic hydroxyl groups excluding tert-OH is 1. The molecule has 0 heterocycles. The van der Waals surface area contributed by atoms with Crippen LogP contribution in [0, 0.1) is 17.0 Å². The minimum Gasteiger partial charge on any atom is -0.394 e. The molecule has 0 atom stereocenters. The maximum Gasteiger partial charge on any atom is 0.271 e. The first-order valence-corrected chi connectivity index (χ1v) is 6.20. The van der Waals surface area contributed by atoms with Crippen LogP contribution in [0.1, 0.15) is 31.2 Å². The Labute approximate surface area is 106 Å². The van der Waals surface area contributed by atoms with E-state index in [0.29, 0.717) is 0 Å². The van der Waals surface area contributed by atoms with Crippen LogP contribution in [-0.4, -0.2) is 22.2 Å². The molecule has 0 bridgehead atoms. The molecule has 1 saturated carbocycles. The largest absolute Gasteiger partial charge is 0.394 e. The summed E-state index contributed by atoms with van der Waals surface area (Å²) in [4.78, 5) is 10.4. The number of hydrogen-bond acceptors (Lipinski definition) is 4. The van der Waals surface area contributed by atoms with Crippen molar-refractivity contribution in [1.29, 1.82) is 0 Å². The monoisotopic (exact) mass is 250 g/mol. The fraction of sp³-hybridized carbons (Fsp3) is 0.538. The van der Waals surface area contributed by atoms with Gasteiger partial charge < -0.3 is 10.4 Å². The summed E-state index contributed by atoms with van der Waals surface area (Å²) in [6.45, 7) is 1.97. The smallest absolute Gasteiger partial charge is 0.271 e. The molecule has 2 N–H and O–H groups in total. The summed E-state index contributed by atoms with van der Waals surface area (Å²) in [6.07, 6.45) is 3.99. The van der Waals surface area contributed by atoms with Crippen LogP contribution in [0.4, 0.5) is 11.4 Å². The second-order valence-corrected chi connectivity index (χ2v) is 5.03. The van der Waals surface area contributed by atoms with Crippen LogP contribution in [-0.2, 0) is 0 Å². The topological polar surface area (TPSA) is 75.4 Å². The Hall–Kier alpha value is -1.62. The zero-order valence-electron chi connectivity index (χ0n) is 10.5. The van der Waals surface area contributed by atoms with Crippen molar-refractivity contribution in [1.82, 2.24) is 0 Å². The third-order valence-corrected chi connectivity index (χ3v) is 3.70. The van der Waals surface area contributed by atoms with E-state index >= 15 is 0 Å². The van der Waals surface area contributed by atoms with Crippen LogP contribution in [0.3, 0.4) is 0 Å². The van der Waals surface area contributed by atoms with Gasteiger partial charge in [0, 0.05) is 17.8 Å². The van der Waals surface area contributed by atoms with Gasteiger partial charge in [0.05, 0.1) is 17.1 Å². The van der Waals surface area contributed by atoms with Crippen molar-refractivity contribution in [3.63, 3.8) is 0 Å². The van der Waals surface area contributed by atoms with E-state index in [9.17, 15) is 15.2 Å². The van der Waals surface area contributed by atoms with Gasteiger partial charge in [0.1, 0.15) is 0 Å². The number of rotatable bonds is 4. The molecule has 0 spiro atoms. The lowest BCUT2D eigenvalue weighted by molar-refractivity contribution is -0.384. The summed E-state index contributed by atoms with van der Waals surface area (Å²) in [5.41, 5.74) is 1.48. The van der Waals surface area contributed by atoms with Gasteiger partial charge in [-0.25, -0.2) is 0 Å². The maximum atomic E-state index is 10.8. The predicted octanol–water partition coefficient (Wildman–Crippen LogP) is 2.62. The second kappa shape index (κ2) is 4.94. The highest BCUT2D eigenvalue weighted by atomic mass is 16.6. The van der Waals surface area contributed by atoms with Crippen molar-refractivity contribution in [2.75, 3.05) is 11.9 Å². The lowest BCUT2D eigenvalue weighted by Gasteiger charge is -2.30. The van der Waals surface area contributed by atoms with Crippen molar-refractivity contribution in [3.05, 3.63) is 33.9 Å². The molecular weight excluding hydrogens is 232 g/mol. The predicted molar refractivity (Wildman–Crippen MR) is 69.7 cm³/mol. The molecule has 5 heteroatoms. The molecule has 0 aliphatic heterocycles. The first-order valence-electron chi connectivity index (χ1n) is 6.20. The Kier molecular flexibility index (Phi) is 3.52. The summed E-state index contributed by atoms with van der Waals surface area (Å²) < 4.78 is 0. The summed E-state index contributed by atoms with van der Waals surface area (Å²) in [6, 6.07) is 4.78. The van der Waals surface area contributed by atoms with Crippen LogP contribution >= 0.6 is 0 Å². The van der Waals surface area contributed by atoms with Crippen LogP contribution in [0.5, 0.6) is 0 Å². The fourth-order valence-corrected chi connectivity index (χ4v) is 2.52. The van der Waals surface area contributed by atoms with Crippen LogP contribution in [0.15, 0.2) is 18.2 Å². The summed E-state index contributed by atoms with van der Waals surface area (Å²) in [7, 11) is 0. The number of benzene rings is 1. The minimum absolute atomic E-state index is 0.0646. The van der Waals surface area contributed by atoms with E-state index in [1.165, 1.54) is 6.07 Å². The minimum atomic E-state index is -0.398. The van der Waals surface area contributed by atoms with Crippen molar-refractivity contribution in [2.24, 2.45) is 0 Å². The SMILES string of the molecule is Cc1ccc([N+](=O)[O-])cc1NC1(CO)CCCC1. The summed E-state index contributed by atoms with van der Waals surface area (Å²) in [5.74, 6) is 0. The zero-order chi connectivity index (χ0) is 13.2. The lowest BCUT2D eigenvalue weighted by atomic mass is 9.97. The van der Waals surface area contributed by atoms with Gasteiger partial charge in [0.2, 0.25) is 0 Å². The van der Waals surface area contributed by atoms with Crippen LogP contribution < -0.4 is 5.32 Å². The third kappa shape index (κ3) is 2.46. The molecule has 2 rings (SSSR count). The Bertz CT molecular complexity index is 454. The van der Waals surface area contributed by atoms with Gasteiger partial charge in [-0.1, -0.05) is 18.9 Å². The van der Waals surface area contributed by atoms with Crippen molar-refractivity contribution in [3.8, 4) is 0 Å². The van der Waals surface area contributed by atoms with Crippen LogP contribution in [0.2, 0.25) is 0 Å². The fourth-order valence-electron chi connectivity index (χ4n) is 2.52. The molecule has 0 saturated heterocycles. The van der Waals surface area contributed by atoms with Crippen molar-refractivity contribution >= 4 is 11.4 Å². The van der Waals surface area contributed by atoms with Crippen molar-refractivity contribution in [2.45, 2.75) is 38.1 Å². The maximum absolute atomic E-state index is 10.8. The summed E-state index contributed by atoms with van der Waals surface area (Å²) in [5, 5.41) is 23.6. The Morgan fingerprint density at radius 3 is 2.67 bits per heavy atom. The second-order valence-electron chi connectivity index (χ2n) is 5.03. The Morgan fingerprint density at radius 1 is 1.44 bits per heavy atom. The molecule has 98 valence electrons. The molecule has 18 heavy (non-hydrogen) atoms. The van der Waals surface area contributed by atoms with E-state index < -0.39 is 4.92 Å². The number of nitrogens with one attached hydrogen (secondary N) is 1. The highest BCUT2D eigenvalue weighted by molar-refractivity contribution is 5.58. The molecule has 0 unspecified atom stereocenters. The first-order chi connectivity index (χ1) is 8.56.